The summed E-state index contributed by atoms with van der Waals surface area (Å²) in [5.41, 5.74) is 0.219. The minimum absolute atomic E-state index is 0.0463. The van der Waals surface area contributed by atoms with Crippen molar-refractivity contribution in [1.82, 2.24) is 5.32 Å². The lowest BCUT2D eigenvalue weighted by Crippen LogP contribution is -2.34. The van der Waals surface area contributed by atoms with E-state index in [0.29, 0.717) is 5.56 Å². The molecular formula is C12H18N2O3S. The van der Waals surface area contributed by atoms with Gasteiger partial charge in [-0.25, -0.2) is 13.6 Å². The van der Waals surface area contributed by atoms with Gasteiger partial charge in [0.05, 0.1) is 4.90 Å². The highest BCUT2D eigenvalue weighted by Crippen LogP contribution is 2.14. The minimum atomic E-state index is -3.70. The predicted molar refractivity (Wildman–Crippen MR) is 69.1 cm³/mol. The lowest BCUT2D eigenvalue weighted by molar-refractivity contribution is -0.128. The number of nitrogens with two attached hydrogens (primary N) is 1. The maximum Gasteiger partial charge on any atom is 0.238 e. The van der Waals surface area contributed by atoms with Crippen molar-refractivity contribution in [2.45, 2.75) is 32.2 Å². The predicted octanol–water partition coefficient (Wildman–Crippen LogP) is 0.996. The van der Waals surface area contributed by atoms with Gasteiger partial charge in [0.25, 0.3) is 0 Å². The highest BCUT2D eigenvalue weighted by atomic mass is 32.2. The molecule has 0 aliphatic rings. The molecule has 1 rings (SSSR count). The monoisotopic (exact) mass is 270 g/mol. The van der Waals surface area contributed by atoms with Crippen molar-refractivity contribution in [3.63, 3.8) is 0 Å². The zero-order chi connectivity index (χ0) is 14.0. The Hall–Kier alpha value is -1.40. The molecule has 1 aromatic carbocycles. The number of carbonyl (C=O) groups is 1. The first-order valence-corrected chi connectivity index (χ1v) is 7.05. The van der Waals surface area contributed by atoms with Crippen molar-refractivity contribution in [1.29, 1.82) is 0 Å². The van der Waals surface area contributed by atoms with Crippen LogP contribution in [0.2, 0.25) is 0 Å². The summed E-state index contributed by atoms with van der Waals surface area (Å²) in [7, 11) is -3.70. The fraction of sp³-hybridized carbons (Fsp3) is 0.417. The van der Waals surface area contributed by atoms with Crippen molar-refractivity contribution >= 4 is 15.9 Å². The minimum Gasteiger partial charge on any atom is -0.352 e. The molecule has 0 aliphatic heterocycles. The number of benzene rings is 1. The molecule has 0 saturated carbocycles. The quantitative estimate of drug-likeness (QED) is 0.858. The van der Waals surface area contributed by atoms with E-state index in [9.17, 15) is 13.2 Å². The molecule has 100 valence electrons. The van der Waals surface area contributed by atoms with E-state index in [-0.39, 0.29) is 17.3 Å². The Labute approximate surface area is 107 Å². The van der Waals surface area contributed by atoms with Crippen molar-refractivity contribution in [3.8, 4) is 0 Å². The van der Waals surface area contributed by atoms with E-state index in [2.05, 4.69) is 5.32 Å². The van der Waals surface area contributed by atoms with E-state index in [1.807, 2.05) is 20.8 Å². The first kappa shape index (κ1) is 14.7. The Balaban J connectivity index is 2.79. The third kappa shape index (κ3) is 4.12. The molecule has 1 aromatic rings. The zero-order valence-electron chi connectivity index (χ0n) is 10.7. The standard InChI is InChI=1S/C12H18N2O3S/c1-12(2,3)11(15)14-8-9-5-4-6-10(7-9)18(13,16)17/h4-7H,8H2,1-3H3,(H,14,15)(H2,13,16,17). The van der Waals surface area contributed by atoms with E-state index in [1.54, 1.807) is 12.1 Å². The SMILES string of the molecule is CC(C)(C)C(=O)NCc1cccc(S(N)(=O)=O)c1. The van der Waals surface area contributed by atoms with E-state index in [4.69, 9.17) is 5.14 Å². The second-order valence-electron chi connectivity index (χ2n) is 5.13. The largest absolute Gasteiger partial charge is 0.352 e. The molecule has 0 aromatic heterocycles. The Kier molecular flexibility index (Phi) is 4.13. The number of carbonyl (C=O) groups excluding carboxylic acids is 1. The van der Waals surface area contributed by atoms with Crippen LogP contribution in [0.4, 0.5) is 0 Å². The molecule has 0 saturated heterocycles. The van der Waals surface area contributed by atoms with Crippen LogP contribution in [0.1, 0.15) is 26.3 Å². The molecule has 0 aliphatic carbocycles. The number of nitrogens with one attached hydrogen (secondary N) is 1. The van der Waals surface area contributed by atoms with Gasteiger partial charge >= 0.3 is 0 Å². The summed E-state index contributed by atoms with van der Waals surface area (Å²) in [6.07, 6.45) is 0. The van der Waals surface area contributed by atoms with Gasteiger partial charge in [0.15, 0.2) is 0 Å². The van der Waals surface area contributed by atoms with E-state index in [1.165, 1.54) is 12.1 Å². The second-order valence-corrected chi connectivity index (χ2v) is 6.69. The summed E-state index contributed by atoms with van der Waals surface area (Å²) < 4.78 is 22.3. The van der Waals surface area contributed by atoms with E-state index >= 15 is 0 Å². The van der Waals surface area contributed by atoms with Crippen LogP contribution in [0.25, 0.3) is 0 Å². The van der Waals surface area contributed by atoms with E-state index in [0.717, 1.165) is 0 Å². The third-order valence-corrected chi connectivity index (χ3v) is 3.27. The molecule has 0 fully saturated rings. The van der Waals surface area contributed by atoms with E-state index < -0.39 is 15.4 Å². The van der Waals surface area contributed by atoms with Crippen molar-refractivity contribution in [2.75, 3.05) is 0 Å². The van der Waals surface area contributed by atoms with Crippen LogP contribution in [-0.4, -0.2) is 14.3 Å². The van der Waals surface area contributed by atoms with Crippen LogP contribution in [0.3, 0.4) is 0 Å². The molecule has 0 spiro atoms. The fourth-order valence-electron chi connectivity index (χ4n) is 1.28. The van der Waals surface area contributed by atoms with Gasteiger partial charge in [0.2, 0.25) is 15.9 Å². The Bertz CT molecular complexity index is 545. The van der Waals surface area contributed by atoms with Gasteiger partial charge < -0.3 is 5.32 Å². The molecule has 0 atom stereocenters. The Morgan fingerprint density at radius 2 is 1.94 bits per heavy atom. The normalized spacial score (nSPS) is 12.2. The number of hydrogen-bond donors (Lipinski definition) is 2. The smallest absolute Gasteiger partial charge is 0.238 e. The molecule has 0 unspecified atom stereocenters. The van der Waals surface area contributed by atoms with Crippen LogP contribution >= 0.6 is 0 Å². The van der Waals surface area contributed by atoms with Gasteiger partial charge in [0.1, 0.15) is 0 Å². The third-order valence-electron chi connectivity index (χ3n) is 2.36. The maximum absolute atomic E-state index is 11.7. The van der Waals surface area contributed by atoms with Crippen LogP contribution in [0.5, 0.6) is 0 Å². The number of primary sulfonamides is 1. The first-order chi connectivity index (χ1) is 8.10. The maximum atomic E-state index is 11.7. The van der Waals surface area contributed by atoms with Gasteiger partial charge in [-0.2, -0.15) is 0 Å². The summed E-state index contributed by atoms with van der Waals surface area (Å²) in [6.45, 7) is 5.70. The summed E-state index contributed by atoms with van der Waals surface area (Å²) in [5.74, 6) is -0.0940. The number of sulfonamides is 1. The highest BCUT2D eigenvalue weighted by molar-refractivity contribution is 7.89. The van der Waals surface area contributed by atoms with Gasteiger partial charge in [-0.05, 0) is 17.7 Å². The van der Waals surface area contributed by atoms with Gasteiger partial charge in [-0.1, -0.05) is 32.9 Å². The van der Waals surface area contributed by atoms with Crippen molar-refractivity contribution in [2.24, 2.45) is 10.6 Å². The second kappa shape index (κ2) is 5.07. The average Bonchev–Trinajstić information content (AvgIpc) is 2.23. The Morgan fingerprint density at radius 1 is 1.33 bits per heavy atom. The van der Waals surface area contributed by atoms with Gasteiger partial charge in [0, 0.05) is 12.0 Å². The van der Waals surface area contributed by atoms with Gasteiger partial charge in [-0.3, -0.25) is 4.79 Å². The lowest BCUT2D eigenvalue weighted by Gasteiger charge is -2.17. The molecule has 6 heteroatoms. The summed E-state index contributed by atoms with van der Waals surface area (Å²) in [5, 5.41) is 7.78. The fourth-order valence-corrected chi connectivity index (χ4v) is 1.86. The van der Waals surface area contributed by atoms with Crippen LogP contribution < -0.4 is 10.5 Å². The number of hydrogen-bond acceptors (Lipinski definition) is 3. The number of amides is 1. The summed E-state index contributed by atoms with van der Waals surface area (Å²) in [4.78, 5) is 11.7. The molecule has 3 N–H and O–H groups in total. The summed E-state index contributed by atoms with van der Waals surface area (Å²) in [6, 6.07) is 6.21. The molecule has 18 heavy (non-hydrogen) atoms. The molecule has 1 amide bonds. The van der Waals surface area contributed by atoms with Crippen LogP contribution in [-0.2, 0) is 21.4 Å². The van der Waals surface area contributed by atoms with Gasteiger partial charge in [-0.15, -0.1) is 0 Å². The first-order valence-electron chi connectivity index (χ1n) is 5.51. The molecule has 0 heterocycles. The number of rotatable bonds is 3. The van der Waals surface area contributed by atoms with Crippen molar-refractivity contribution in [3.05, 3.63) is 29.8 Å². The topological polar surface area (TPSA) is 89.3 Å². The molecule has 5 nitrogen and oxygen atoms in total. The molecular weight excluding hydrogens is 252 g/mol. The Morgan fingerprint density at radius 3 is 2.44 bits per heavy atom. The molecule has 0 bridgehead atoms. The van der Waals surface area contributed by atoms with Crippen LogP contribution in [0.15, 0.2) is 29.2 Å². The van der Waals surface area contributed by atoms with Crippen LogP contribution in [0, 0.1) is 5.41 Å². The average molecular weight is 270 g/mol. The zero-order valence-corrected chi connectivity index (χ0v) is 11.5. The summed E-state index contributed by atoms with van der Waals surface area (Å²) >= 11 is 0. The lowest BCUT2D eigenvalue weighted by atomic mass is 9.95. The molecule has 0 radical (unpaired) electrons. The highest BCUT2D eigenvalue weighted by Gasteiger charge is 2.20. The van der Waals surface area contributed by atoms with Crippen molar-refractivity contribution < 1.29 is 13.2 Å².